The summed E-state index contributed by atoms with van der Waals surface area (Å²) in [6, 6.07) is 12.0. The van der Waals surface area contributed by atoms with Gasteiger partial charge in [0, 0.05) is 22.9 Å². The molecule has 0 aliphatic carbocycles. The molecule has 0 bridgehead atoms. The van der Waals surface area contributed by atoms with Gasteiger partial charge in [0.05, 0.1) is 11.6 Å². The number of nitrogens with one attached hydrogen (secondary N) is 3. The van der Waals surface area contributed by atoms with Crippen molar-refractivity contribution in [2.75, 3.05) is 12.4 Å². The van der Waals surface area contributed by atoms with Crippen molar-refractivity contribution in [1.29, 1.82) is 0 Å². The zero-order valence-electron chi connectivity index (χ0n) is 15.8. The Labute approximate surface area is 178 Å². The molecule has 0 aliphatic rings. The van der Waals surface area contributed by atoms with Crippen LogP contribution in [0.15, 0.2) is 46.9 Å². The number of ether oxygens (including phenoxy) is 1. The van der Waals surface area contributed by atoms with Crippen LogP contribution < -0.4 is 20.7 Å². The number of anilines is 1. The minimum absolute atomic E-state index is 0.117. The molecule has 0 spiro atoms. The largest absolute Gasteiger partial charge is 0.496 e. The number of hydrogen-bond acceptors (Lipinski definition) is 4. The van der Waals surface area contributed by atoms with E-state index in [0.717, 1.165) is 6.42 Å². The first kappa shape index (κ1) is 21.8. The first-order valence-electron chi connectivity index (χ1n) is 8.70. The third kappa shape index (κ3) is 6.03. The van der Waals surface area contributed by atoms with Crippen LogP contribution in [0.25, 0.3) is 0 Å². The molecule has 0 heterocycles. The number of carbonyl (C=O) groups is 2. The molecule has 3 N–H and O–H groups in total. The van der Waals surface area contributed by atoms with Gasteiger partial charge in [-0.05, 0) is 84.0 Å². The van der Waals surface area contributed by atoms with E-state index in [0.29, 0.717) is 27.0 Å². The van der Waals surface area contributed by atoms with Gasteiger partial charge in [0.2, 0.25) is 0 Å². The molecular weight excluding hydrogens is 442 g/mol. The minimum atomic E-state index is -0.342. The Bertz CT molecular complexity index is 871. The summed E-state index contributed by atoms with van der Waals surface area (Å²) in [5.41, 5.74) is 1.67. The molecule has 0 radical (unpaired) electrons. The Hall–Kier alpha value is -2.45. The minimum Gasteiger partial charge on any atom is -0.496 e. The van der Waals surface area contributed by atoms with E-state index in [1.165, 1.54) is 0 Å². The standard InChI is InChI=1S/C20H22BrN3O3S/c1-4-12(2)22-18(25)13-5-8-15(9-6-13)23-20(28)24-19(26)14-7-10-17(27-3)16(21)11-14/h5-12H,4H2,1-3H3,(H,22,25)(H2,23,24,26,28). The van der Waals surface area contributed by atoms with Crippen LogP contribution in [0.4, 0.5) is 5.69 Å². The molecule has 0 aromatic heterocycles. The molecule has 0 saturated carbocycles. The molecule has 1 unspecified atom stereocenters. The molecule has 2 aromatic carbocycles. The number of amides is 2. The first-order valence-corrected chi connectivity index (χ1v) is 9.91. The van der Waals surface area contributed by atoms with Crippen molar-refractivity contribution in [2.45, 2.75) is 26.3 Å². The van der Waals surface area contributed by atoms with Crippen molar-refractivity contribution >= 4 is 50.8 Å². The number of thiocarbonyl (C=S) groups is 1. The van der Waals surface area contributed by atoms with Gasteiger partial charge in [0.15, 0.2) is 5.11 Å². The van der Waals surface area contributed by atoms with Crippen LogP contribution >= 0.6 is 28.1 Å². The summed E-state index contributed by atoms with van der Waals surface area (Å²) < 4.78 is 5.82. The number of hydrogen-bond donors (Lipinski definition) is 3. The molecular formula is C20H22BrN3O3S. The number of benzene rings is 2. The number of rotatable bonds is 6. The SMILES string of the molecule is CCC(C)NC(=O)c1ccc(NC(=S)NC(=O)c2ccc(OC)c(Br)c2)cc1. The van der Waals surface area contributed by atoms with Crippen molar-refractivity contribution < 1.29 is 14.3 Å². The van der Waals surface area contributed by atoms with Gasteiger partial charge in [0.1, 0.15) is 5.75 Å². The van der Waals surface area contributed by atoms with Gasteiger partial charge in [-0.15, -0.1) is 0 Å². The fourth-order valence-electron chi connectivity index (χ4n) is 2.26. The lowest BCUT2D eigenvalue weighted by Gasteiger charge is -2.13. The maximum atomic E-state index is 12.3. The highest BCUT2D eigenvalue weighted by atomic mass is 79.9. The van der Waals surface area contributed by atoms with Gasteiger partial charge in [-0.1, -0.05) is 6.92 Å². The molecule has 2 aromatic rings. The summed E-state index contributed by atoms with van der Waals surface area (Å²) >= 11 is 8.54. The molecule has 0 fully saturated rings. The third-order valence-corrected chi connectivity index (χ3v) is 4.86. The maximum Gasteiger partial charge on any atom is 0.257 e. The highest BCUT2D eigenvalue weighted by Crippen LogP contribution is 2.25. The van der Waals surface area contributed by atoms with Gasteiger partial charge in [-0.3, -0.25) is 14.9 Å². The van der Waals surface area contributed by atoms with Crippen LogP contribution in [0.2, 0.25) is 0 Å². The zero-order chi connectivity index (χ0) is 20.7. The lowest BCUT2D eigenvalue weighted by Crippen LogP contribution is -2.34. The van der Waals surface area contributed by atoms with Crippen molar-refractivity contribution in [3.8, 4) is 5.75 Å². The molecule has 8 heteroatoms. The monoisotopic (exact) mass is 463 g/mol. The van der Waals surface area contributed by atoms with Crippen molar-refractivity contribution in [3.05, 3.63) is 58.1 Å². The Kier molecular flexibility index (Phi) is 7.95. The topological polar surface area (TPSA) is 79.5 Å². The van der Waals surface area contributed by atoms with Crippen LogP contribution in [0.3, 0.4) is 0 Å². The Morgan fingerprint density at radius 3 is 2.32 bits per heavy atom. The predicted octanol–water partition coefficient (Wildman–Crippen LogP) is 4.11. The number of methoxy groups -OCH3 is 1. The normalized spacial score (nSPS) is 11.3. The van der Waals surface area contributed by atoms with Crippen molar-refractivity contribution in [3.63, 3.8) is 0 Å². The second-order valence-corrected chi connectivity index (χ2v) is 7.38. The number of halogens is 1. The maximum absolute atomic E-state index is 12.3. The average molecular weight is 464 g/mol. The molecule has 6 nitrogen and oxygen atoms in total. The quantitative estimate of drug-likeness (QED) is 0.561. The van der Waals surface area contributed by atoms with Crippen LogP contribution in [0, 0.1) is 0 Å². The summed E-state index contributed by atoms with van der Waals surface area (Å²) in [4.78, 5) is 24.4. The van der Waals surface area contributed by atoms with Crippen molar-refractivity contribution in [1.82, 2.24) is 10.6 Å². The molecule has 148 valence electrons. The van der Waals surface area contributed by atoms with E-state index < -0.39 is 0 Å². The average Bonchev–Trinajstić information content (AvgIpc) is 2.68. The predicted molar refractivity (Wildman–Crippen MR) is 118 cm³/mol. The lowest BCUT2D eigenvalue weighted by molar-refractivity contribution is 0.0937. The Balaban J connectivity index is 1.94. The molecule has 2 amide bonds. The Morgan fingerprint density at radius 2 is 1.75 bits per heavy atom. The van der Waals surface area contributed by atoms with E-state index >= 15 is 0 Å². The van der Waals surface area contributed by atoms with E-state index in [-0.39, 0.29) is 23.0 Å². The van der Waals surface area contributed by atoms with Gasteiger partial charge < -0.3 is 15.4 Å². The molecule has 28 heavy (non-hydrogen) atoms. The van der Waals surface area contributed by atoms with Crippen LogP contribution in [0.5, 0.6) is 5.75 Å². The summed E-state index contributed by atoms with van der Waals surface area (Å²) in [6.07, 6.45) is 0.865. The molecule has 0 saturated heterocycles. The summed E-state index contributed by atoms with van der Waals surface area (Å²) in [6.45, 7) is 3.97. The fourth-order valence-corrected chi connectivity index (χ4v) is 3.01. The van der Waals surface area contributed by atoms with Crippen LogP contribution in [-0.2, 0) is 0 Å². The number of carbonyl (C=O) groups excluding carboxylic acids is 2. The van der Waals surface area contributed by atoms with Crippen LogP contribution in [-0.4, -0.2) is 30.1 Å². The van der Waals surface area contributed by atoms with Crippen LogP contribution in [0.1, 0.15) is 41.0 Å². The van der Waals surface area contributed by atoms with Crippen molar-refractivity contribution in [2.24, 2.45) is 0 Å². The highest BCUT2D eigenvalue weighted by Gasteiger charge is 2.12. The van der Waals surface area contributed by atoms with E-state index in [9.17, 15) is 9.59 Å². The van der Waals surface area contributed by atoms with Gasteiger partial charge in [-0.25, -0.2) is 0 Å². The molecule has 1 atom stereocenters. The second-order valence-electron chi connectivity index (χ2n) is 6.12. The van der Waals surface area contributed by atoms with Gasteiger partial charge in [-0.2, -0.15) is 0 Å². The van der Waals surface area contributed by atoms with Gasteiger partial charge >= 0.3 is 0 Å². The Morgan fingerprint density at radius 1 is 1.11 bits per heavy atom. The highest BCUT2D eigenvalue weighted by molar-refractivity contribution is 9.10. The summed E-state index contributed by atoms with van der Waals surface area (Å²) in [5, 5.41) is 8.62. The summed E-state index contributed by atoms with van der Waals surface area (Å²) in [7, 11) is 1.55. The fraction of sp³-hybridized carbons (Fsp3) is 0.250. The van der Waals surface area contributed by atoms with Gasteiger partial charge in [0.25, 0.3) is 11.8 Å². The van der Waals surface area contributed by atoms with E-state index in [1.54, 1.807) is 49.6 Å². The first-order chi connectivity index (χ1) is 13.3. The third-order valence-electron chi connectivity index (χ3n) is 4.04. The van der Waals surface area contributed by atoms with E-state index in [2.05, 4.69) is 31.9 Å². The lowest BCUT2D eigenvalue weighted by atomic mass is 10.1. The molecule has 0 aliphatic heterocycles. The van der Waals surface area contributed by atoms with E-state index in [1.807, 2.05) is 13.8 Å². The summed E-state index contributed by atoms with van der Waals surface area (Å²) in [5.74, 6) is 0.168. The second kappa shape index (κ2) is 10.2. The zero-order valence-corrected chi connectivity index (χ0v) is 18.2. The molecule has 2 rings (SSSR count). The smallest absolute Gasteiger partial charge is 0.257 e. The van der Waals surface area contributed by atoms with E-state index in [4.69, 9.17) is 17.0 Å².